The molecule has 0 fully saturated rings. The zero-order chi connectivity index (χ0) is 17.4. The van der Waals surface area contributed by atoms with Gasteiger partial charge in [-0.3, -0.25) is 0 Å². The molecule has 0 saturated carbocycles. The van der Waals surface area contributed by atoms with Crippen molar-refractivity contribution in [3.05, 3.63) is 76.9 Å². The van der Waals surface area contributed by atoms with Crippen molar-refractivity contribution in [1.29, 1.82) is 0 Å². The lowest BCUT2D eigenvalue weighted by Gasteiger charge is -2.10. The first-order valence-corrected chi connectivity index (χ1v) is 8.47. The number of hydrogen-bond donors (Lipinski definition) is 0. The molecule has 2 aromatic carbocycles. The molecule has 4 heteroatoms. The topological polar surface area (TPSA) is 38.7 Å². The highest BCUT2D eigenvalue weighted by Gasteiger charge is 2.12. The van der Waals surface area contributed by atoms with Gasteiger partial charge in [-0.15, -0.1) is 0 Å². The minimum Gasteiger partial charge on any atom is -0.244 e. The third-order valence-corrected chi connectivity index (χ3v) is 4.55. The summed E-state index contributed by atoms with van der Waals surface area (Å²) in [5.74, 6) is 0.593. The van der Waals surface area contributed by atoms with Crippen LogP contribution in [0.25, 0.3) is 33.7 Å². The van der Waals surface area contributed by atoms with Crippen LogP contribution in [-0.2, 0) is 0 Å². The normalized spacial score (nSPS) is 11.0. The minimum absolute atomic E-state index is 0.593. The monoisotopic (exact) mass is 345 g/mol. The molecule has 2 aromatic heterocycles. The molecule has 0 bridgehead atoms. The summed E-state index contributed by atoms with van der Waals surface area (Å²) in [6, 6.07) is 19.9. The Hall–Kier alpha value is -2.78. The number of hydrogen-bond acceptors (Lipinski definition) is 3. The van der Waals surface area contributed by atoms with E-state index < -0.39 is 0 Å². The summed E-state index contributed by atoms with van der Waals surface area (Å²) in [6.07, 6.45) is 0. The van der Waals surface area contributed by atoms with Crippen LogP contribution in [0.15, 0.2) is 60.7 Å². The van der Waals surface area contributed by atoms with E-state index in [1.54, 1.807) is 0 Å². The highest BCUT2D eigenvalue weighted by Crippen LogP contribution is 2.28. The second-order valence-corrected chi connectivity index (χ2v) is 6.40. The summed E-state index contributed by atoms with van der Waals surface area (Å²) >= 11 is 6.33. The Labute approximate surface area is 151 Å². The van der Waals surface area contributed by atoms with Gasteiger partial charge in [-0.2, -0.15) is 0 Å². The van der Waals surface area contributed by atoms with E-state index in [0.29, 0.717) is 10.8 Å². The fourth-order valence-corrected chi connectivity index (χ4v) is 3.14. The molecule has 0 aliphatic heterocycles. The maximum atomic E-state index is 6.33. The molecule has 0 N–H and O–H groups in total. The fraction of sp³-hybridized carbons (Fsp3) is 0.0952. The van der Waals surface area contributed by atoms with Crippen molar-refractivity contribution in [3.63, 3.8) is 0 Å². The van der Waals surface area contributed by atoms with Gasteiger partial charge < -0.3 is 0 Å². The molecule has 0 atom stereocenters. The third kappa shape index (κ3) is 2.87. The van der Waals surface area contributed by atoms with Crippen LogP contribution in [0.1, 0.15) is 11.3 Å². The molecule has 0 aliphatic carbocycles. The van der Waals surface area contributed by atoms with Gasteiger partial charge in [0.15, 0.2) is 5.82 Å². The summed E-state index contributed by atoms with van der Waals surface area (Å²) in [7, 11) is 0. The van der Waals surface area contributed by atoms with E-state index in [4.69, 9.17) is 16.6 Å². The van der Waals surface area contributed by atoms with Crippen molar-refractivity contribution < 1.29 is 0 Å². The van der Waals surface area contributed by atoms with Gasteiger partial charge in [0.25, 0.3) is 0 Å². The first-order valence-electron chi connectivity index (χ1n) is 8.10. The Morgan fingerprint density at radius 1 is 0.760 bits per heavy atom. The number of aromatic nitrogens is 3. The highest BCUT2D eigenvalue weighted by molar-refractivity contribution is 6.35. The largest absolute Gasteiger partial charge is 0.244 e. The molecule has 0 saturated heterocycles. The summed E-state index contributed by atoms with van der Waals surface area (Å²) in [6.45, 7) is 4.03. The van der Waals surface area contributed by atoms with Crippen molar-refractivity contribution in [2.75, 3.05) is 0 Å². The van der Waals surface area contributed by atoms with E-state index in [1.165, 1.54) is 0 Å². The molecule has 25 heavy (non-hydrogen) atoms. The lowest BCUT2D eigenvalue weighted by atomic mass is 10.1. The Morgan fingerprint density at radius 3 is 2.36 bits per heavy atom. The maximum Gasteiger partial charge on any atom is 0.179 e. The van der Waals surface area contributed by atoms with Crippen LogP contribution in [-0.4, -0.2) is 15.0 Å². The van der Waals surface area contributed by atoms with E-state index in [-0.39, 0.29) is 0 Å². The van der Waals surface area contributed by atoms with Gasteiger partial charge in [0.05, 0.1) is 16.2 Å². The predicted octanol–water partition coefficient (Wildman–Crippen LogP) is 5.63. The van der Waals surface area contributed by atoms with Crippen molar-refractivity contribution in [1.82, 2.24) is 15.0 Å². The standard InChI is InChI=1S/C21H16ClN3/c1-13-11-12-18(24-19(13)15-7-4-3-5-8-15)21-23-14(2)16-9-6-10-17(22)20(16)25-21/h3-12H,1-2H3. The van der Waals surface area contributed by atoms with Gasteiger partial charge in [-0.25, -0.2) is 15.0 Å². The number of halogens is 1. The summed E-state index contributed by atoms with van der Waals surface area (Å²) in [5, 5.41) is 1.59. The van der Waals surface area contributed by atoms with Gasteiger partial charge in [-0.05, 0) is 31.5 Å². The van der Waals surface area contributed by atoms with E-state index in [2.05, 4.69) is 35.1 Å². The summed E-state index contributed by atoms with van der Waals surface area (Å²) in [5.41, 5.74) is 5.54. The predicted molar refractivity (Wildman–Crippen MR) is 103 cm³/mol. The molecular weight excluding hydrogens is 330 g/mol. The van der Waals surface area contributed by atoms with Crippen LogP contribution < -0.4 is 0 Å². The number of benzene rings is 2. The van der Waals surface area contributed by atoms with Crippen LogP contribution in [0.2, 0.25) is 5.02 Å². The molecule has 0 unspecified atom stereocenters. The second-order valence-electron chi connectivity index (χ2n) is 6.00. The number of para-hydroxylation sites is 1. The number of fused-ring (bicyclic) bond motifs is 1. The van der Waals surface area contributed by atoms with Crippen LogP contribution in [0, 0.1) is 13.8 Å². The SMILES string of the molecule is Cc1ccc(-c2nc(C)c3cccc(Cl)c3n2)nc1-c1ccccc1. The van der Waals surface area contributed by atoms with Gasteiger partial charge in [-0.1, -0.05) is 60.1 Å². The summed E-state index contributed by atoms with van der Waals surface area (Å²) in [4.78, 5) is 14.1. The van der Waals surface area contributed by atoms with E-state index in [1.807, 2.05) is 49.4 Å². The Bertz CT molecular complexity index is 1080. The van der Waals surface area contributed by atoms with Gasteiger partial charge in [0.1, 0.15) is 5.69 Å². The van der Waals surface area contributed by atoms with Crippen LogP contribution in [0.4, 0.5) is 0 Å². The molecule has 0 spiro atoms. The number of nitrogens with zero attached hydrogens (tertiary/aromatic N) is 3. The molecule has 3 nitrogen and oxygen atoms in total. The Morgan fingerprint density at radius 2 is 1.56 bits per heavy atom. The zero-order valence-electron chi connectivity index (χ0n) is 14.0. The average Bonchev–Trinajstić information content (AvgIpc) is 2.63. The van der Waals surface area contributed by atoms with Crippen LogP contribution in [0.5, 0.6) is 0 Å². The van der Waals surface area contributed by atoms with E-state index in [9.17, 15) is 0 Å². The average molecular weight is 346 g/mol. The summed E-state index contributed by atoms with van der Waals surface area (Å²) < 4.78 is 0. The fourth-order valence-electron chi connectivity index (χ4n) is 2.93. The van der Waals surface area contributed by atoms with Gasteiger partial charge >= 0.3 is 0 Å². The molecule has 0 radical (unpaired) electrons. The molecule has 4 aromatic rings. The molecule has 0 amide bonds. The smallest absolute Gasteiger partial charge is 0.179 e. The van der Waals surface area contributed by atoms with Gasteiger partial charge in [0, 0.05) is 16.6 Å². The Balaban J connectivity index is 1.91. The number of aryl methyl sites for hydroxylation is 2. The van der Waals surface area contributed by atoms with E-state index >= 15 is 0 Å². The Kier molecular flexibility index (Phi) is 3.94. The van der Waals surface area contributed by atoms with E-state index in [0.717, 1.165) is 39.1 Å². The lowest BCUT2D eigenvalue weighted by Crippen LogP contribution is -1.98. The van der Waals surface area contributed by atoms with Gasteiger partial charge in [0.2, 0.25) is 0 Å². The number of pyridine rings is 1. The molecule has 4 rings (SSSR count). The highest BCUT2D eigenvalue weighted by atomic mass is 35.5. The number of rotatable bonds is 2. The zero-order valence-corrected chi connectivity index (χ0v) is 14.7. The minimum atomic E-state index is 0.593. The van der Waals surface area contributed by atoms with Crippen molar-refractivity contribution in [3.8, 4) is 22.8 Å². The first-order chi connectivity index (χ1) is 12.1. The second kappa shape index (κ2) is 6.26. The lowest BCUT2D eigenvalue weighted by molar-refractivity contribution is 1.12. The molecule has 122 valence electrons. The maximum absolute atomic E-state index is 6.33. The quantitative estimate of drug-likeness (QED) is 0.472. The van der Waals surface area contributed by atoms with Crippen LogP contribution >= 0.6 is 11.6 Å². The third-order valence-electron chi connectivity index (χ3n) is 4.24. The van der Waals surface area contributed by atoms with Crippen molar-refractivity contribution in [2.45, 2.75) is 13.8 Å². The molecule has 2 heterocycles. The van der Waals surface area contributed by atoms with Crippen LogP contribution in [0.3, 0.4) is 0 Å². The van der Waals surface area contributed by atoms with Crippen molar-refractivity contribution >= 4 is 22.5 Å². The molecule has 0 aliphatic rings. The van der Waals surface area contributed by atoms with Crippen molar-refractivity contribution in [2.24, 2.45) is 0 Å². The first kappa shape index (κ1) is 15.7. The molecular formula is C21H16ClN3.